The molecule has 78 valence electrons. The summed E-state index contributed by atoms with van der Waals surface area (Å²) in [5.74, 6) is -0.304. The molecule has 0 radical (unpaired) electrons. The largest absolute Gasteiger partial charge is 0.382 e. The normalized spacial score (nSPS) is 12.7. The van der Waals surface area contributed by atoms with Crippen LogP contribution in [0, 0.1) is 12.7 Å². The Balaban J connectivity index is 2.34. The van der Waals surface area contributed by atoms with Gasteiger partial charge in [0.15, 0.2) is 0 Å². The van der Waals surface area contributed by atoms with E-state index in [2.05, 4.69) is 4.98 Å². The molecule has 0 aliphatic heterocycles. The predicted octanol–water partition coefficient (Wildman–Crippen LogP) is 2.67. The van der Waals surface area contributed by atoms with Crippen LogP contribution in [0.25, 0.3) is 0 Å². The lowest BCUT2D eigenvalue weighted by atomic mass is 10.1. The molecule has 1 atom stereocenters. The molecular weight excluding hydrogens is 213 g/mol. The fraction of sp³-hybridized carbons (Fsp3) is 0.182. The summed E-state index contributed by atoms with van der Waals surface area (Å²) in [6.45, 7) is 1.69. The van der Waals surface area contributed by atoms with Crippen molar-refractivity contribution in [3.05, 3.63) is 51.7 Å². The molecule has 1 heterocycles. The fourth-order valence-electron chi connectivity index (χ4n) is 1.31. The Morgan fingerprint density at radius 1 is 1.47 bits per heavy atom. The van der Waals surface area contributed by atoms with E-state index < -0.39 is 6.10 Å². The van der Waals surface area contributed by atoms with E-state index in [0.717, 1.165) is 0 Å². The second-order valence-electron chi connectivity index (χ2n) is 3.32. The molecule has 1 N–H and O–H groups in total. The average Bonchev–Trinajstić information content (AvgIpc) is 2.74. The molecule has 1 aromatic heterocycles. The predicted molar refractivity (Wildman–Crippen MR) is 57.3 cm³/mol. The van der Waals surface area contributed by atoms with Crippen molar-refractivity contribution in [1.82, 2.24) is 4.98 Å². The number of aryl methyl sites for hydroxylation is 1. The van der Waals surface area contributed by atoms with Gasteiger partial charge in [-0.15, -0.1) is 11.3 Å². The lowest BCUT2D eigenvalue weighted by molar-refractivity contribution is 0.215. The van der Waals surface area contributed by atoms with Crippen LogP contribution < -0.4 is 0 Å². The number of hydrogen-bond acceptors (Lipinski definition) is 3. The van der Waals surface area contributed by atoms with Crippen LogP contribution in [0.3, 0.4) is 0 Å². The molecule has 4 heteroatoms. The lowest BCUT2D eigenvalue weighted by Crippen LogP contribution is -2.00. The monoisotopic (exact) mass is 223 g/mol. The van der Waals surface area contributed by atoms with Crippen LogP contribution in [0.1, 0.15) is 22.9 Å². The first-order valence-electron chi connectivity index (χ1n) is 4.50. The van der Waals surface area contributed by atoms with Crippen molar-refractivity contribution in [1.29, 1.82) is 0 Å². The molecule has 0 bridgehead atoms. The summed E-state index contributed by atoms with van der Waals surface area (Å²) in [4.78, 5) is 3.99. The highest BCUT2D eigenvalue weighted by atomic mass is 32.1. The minimum absolute atomic E-state index is 0.304. The quantitative estimate of drug-likeness (QED) is 0.849. The van der Waals surface area contributed by atoms with E-state index in [4.69, 9.17) is 0 Å². The number of rotatable bonds is 2. The third-order valence-electron chi connectivity index (χ3n) is 2.24. The molecule has 1 aromatic carbocycles. The van der Waals surface area contributed by atoms with E-state index in [0.29, 0.717) is 16.8 Å². The molecule has 0 aliphatic rings. The molecule has 0 amide bonds. The molecule has 0 aliphatic carbocycles. The van der Waals surface area contributed by atoms with Crippen molar-refractivity contribution in [3.8, 4) is 0 Å². The highest BCUT2D eigenvalue weighted by Crippen LogP contribution is 2.23. The van der Waals surface area contributed by atoms with Crippen molar-refractivity contribution in [2.75, 3.05) is 0 Å². The summed E-state index contributed by atoms with van der Waals surface area (Å²) < 4.78 is 13.3. The zero-order chi connectivity index (χ0) is 10.8. The molecule has 0 saturated carbocycles. The van der Waals surface area contributed by atoms with Gasteiger partial charge in [0.2, 0.25) is 0 Å². The number of aliphatic hydroxyl groups is 1. The van der Waals surface area contributed by atoms with Gasteiger partial charge in [0.05, 0.1) is 11.2 Å². The van der Waals surface area contributed by atoms with Crippen molar-refractivity contribution in [3.63, 3.8) is 0 Å². The maximum absolute atomic E-state index is 13.3. The van der Waals surface area contributed by atoms with E-state index in [-0.39, 0.29) is 5.82 Å². The first-order valence-corrected chi connectivity index (χ1v) is 5.45. The zero-order valence-corrected chi connectivity index (χ0v) is 8.96. The molecule has 0 saturated heterocycles. The Kier molecular flexibility index (Phi) is 2.79. The van der Waals surface area contributed by atoms with Crippen LogP contribution in [0.15, 0.2) is 29.1 Å². The minimum atomic E-state index is -0.841. The van der Waals surface area contributed by atoms with E-state index >= 15 is 0 Å². The minimum Gasteiger partial charge on any atom is -0.382 e. The van der Waals surface area contributed by atoms with Gasteiger partial charge in [-0.2, -0.15) is 0 Å². The number of aromatic nitrogens is 1. The third-order valence-corrected chi connectivity index (χ3v) is 2.85. The Morgan fingerprint density at radius 3 is 2.87 bits per heavy atom. The van der Waals surface area contributed by atoms with Gasteiger partial charge < -0.3 is 5.11 Å². The zero-order valence-electron chi connectivity index (χ0n) is 8.14. The van der Waals surface area contributed by atoms with Crippen molar-refractivity contribution < 1.29 is 9.50 Å². The number of halogens is 1. The Bertz CT molecular complexity index is 456. The Labute approximate surface area is 91.0 Å². The molecular formula is C11H10FNOS. The molecule has 1 unspecified atom stereocenters. The van der Waals surface area contributed by atoms with Gasteiger partial charge in [-0.25, -0.2) is 9.37 Å². The van der Waals surface area contributed by atoms with Gasteiger partial charge in [-0.3, -0.25) is 0 Å². The number of aliphatic hydroxyl groups excluding tert-OH is 1. The van der Waals surface area contributed by atoms with Crippen LogP contribution >= 0.6 is 11.3 Å². The fourth-order valence-corrected chi connectivity index (χ4v) is 1.88. The van der Waals surface area contributed by atoms with Crippen molar-refractivity contribution in [2.24, 2.45) is 0 Å². The van der Waals surface area contributed by atoms with E-state index in [1.807, 2.05) is 0 Å². The van der Waals surface area contributed by atoms with Crippen LogP contribution in [0.5, 0.6) is 0 Å². The van der Waals surface area contributed by atoms with Gasteiger partial charge >= 0.3 is 0 Å². The molecule has 15 heavy (non-hydrogen) atoms. The number of thiazole rings is 1. The first-order chi connectivity index (χ1) is 7.18. The molecule has 0 fully saturated rings. The number of benzene rings is 1. The van der Waals surface area contributed by atoms with Crippen LogP contribution in [-0.2, 0) is 0 Å². The van der Waals surface area contributed by atoms with Crippen LogP contribution in [-0.4, -0.2) is 10.1 Å². The second kappa shape index (κ2) is 4.08. The Hall–Kier alpha value is -1.26. The molecule has 2 rings (SSSR count). The summed E-state index contributed by atoms with van der Waals surface area (Å²) in [7, 11) is 0. The number of hydrogen-bond donors (Lipinski definition) is 1. The van der Waals surface area contributed by atoms with Gasteiger partial charge in [-0.1, -0.05) is 12.1 Å². The van der Waals surface area contributed by atoms with Crippen molar-refractivity contribution >= 4 is 11.3 Å². The Morgan fingerprint density at radius 2 is 2.27 bits per heavy atom. The van der Waals surface area contributed by atoms with E-state index in [1.165, 1.54) is 17.4 Å². The van der Waals surface area contributed by atoms with Gasteiger partial charge in [0.1, 0.15) is 11.9 Å². The SMILES string of the molecule is Cc1ccc(C(O)c2cscn2)cc1F. The van der Waals surface area contributed by atoms with Crippen molar-refractivity contribution in [2.45, 2.75) is 13.0 Å². The smallest absolute Gasteiger partial charge is 0.126 e. The molecule has 0 spiro atoms. The van der Waals surface area contributed by atoms with E-state index in [9.17, 15) is 9.50 Å². The van der Waals surface area contributed by atoms with Crippen LogP contribution in [0.2, 0.25) is 0 Å². The summed E-state index contributed by atoms with van der Waals surface area (Å²) in [6, 6.07) is 4.71. The van der Waals surface area contributed by atoms with Gasteiger partial charge in [0, 0.05) is 5.38 Å². The molecule has 2 nitrogen and oxygen atoms in total. The van der Waals surface area contributed by atoms with Gasteiger partial charge in [-0.05, 0) is 24.1 Å². The molecule has 2 aromatic rings. The van der Waals surface area contributed by atoms with E-state index in [1.54, 1.807) is 29.9 Å². The third kappa shape index (κ3) is 2.06. The summed E-state index contributed by atoms with van der Waals surface area (Å²) >= 11 is 1.41. The standard InChI is InChI=1S/C11H10FNOS/c1-7-2-3-8(4-9(7)12)11(14)10-5-15-6-13-10/h2-6,11,14H,1H3. The summed E-state index contributed by atoms with van der Waals surface area (Å²) in [6.07, 6.45) is -0.841. The number of nitrogens with zero attached hydrogens (tertiary/aromatic N) is 1. The average molecular weight is 223 g/mol. The highest BCUT2D eigenvalue weighted by Gasteiger charge is 2.13. The highest BCUT2D eigenvalue weighted by molar-refractivity contribution is 7.07. The maximum atomic E-state index is 13.3. The summed E-state index contributed by atoms with van der Waals surface area (Å²) in [5, 5.41) is 11.6. The van der Waals surface area contributed by atoms with Crippen LogP contribution in [0.4, 0.5) is 4.39 Å². The second-order valence-corrected chi connectivity index (χ2v) is 4.04. The first kappa shape index (κ1) is 10.3. The summed E-state index contributed by atoms with van der Waals surface area (Å²) in [5.41, 5.74) is 3.31. The topological polar surface area (TPSA) is 33.1 Å². The van der Waals surface area contributed by atoms with Gasteiger partial charge in [0.25, 0.3) is 0 Å². The maximum Gasteiger partial charge on any atom is 0.126 e. The lowest BCUT2D eigenvalue weighted by Gasteiger charge is -2.08.